The minimum Gasteiger partial charge on any atom is -0.383 e. The molecule has 1 heterocycles. The number of aromatic nitrogens is 1. The van der Waals surface area contributed by atoms with Crippen LogP contribution in [0.4, 0.5) is 5.13 Å². The van der Waals surface area contributed by atoms with E-state index in [4.69, 9.17) is 9.72 Å². The SMILES string of the molecule is CNCc1sc(N(CCOC)C2CC2)nc1C1CC1. The lowest BCUT2D eigenvalue weighted by molar-refractivity contribution is 0.205. The van der Waals surface area contributed by atoms with Crippen LogP contribution in [0.2, 0.25) is 0 Å². The molecule has 5 heteroatoms. The molecule has 0 aromatic carbocycles. The molecule has 0 spiro atoms. The molecule has 3 rings (SSSR count). The van der Waals surface area contributed by atoms with Crippen LogP contribution in [0.15, 0.2) is 0 Å². The Bertz CT molecular complexity index is 426. The molecule has 0 aliphatic heterocycles. The maximum Gasteiger partial charge on any atom is 0.186 e. The van der Waals surface area contributed by atoms with Crippen molar-refractivity contribution in [2.24, 2.45) is 0 Å². The summed E-state index contributed by atoms with van der Waals surface area (Å²) < 4.78 is 5.24. The molecule has 2 fully saturated rings. The van der Waals surface area contributed by atoms with E-state index < -0.39 is 0 Å². The Hall–Kier alpha value is -0.650. The van der Waals surface area contributed by atoms with Crippen LogP contribution in [-0.2, 0) is 11.3 Å². The van der Waals surface area contributed by atoms with Crippen molar-refractivity contribution in [3.8, 4) is 0 Å². The normalized spacial score (nSPS) is 18.8. The largest absolute Gasteiger partial charge is 0.383 e. The van der Waals surface area contributed by atoms with E-state index in [1.807, 2.05) is 18.4 Å². The zero-order valence-electron chi connectivity index (χ0n) is 11.8. The molecule has 1 N–H and O–H groups in total. The summed E-state index contributed by atoms with van der Waals surface area (Å²) in [5, 5.41) is 4.49. The predicted octanol–water partition coefficient (Wildman–Crippen LogP) is 2.36. The van der Waals surface area contributed by atoms with Crippen molar-refractivity contribution in [1.82, 2.24) is 10.3 Å². The van der Waals surface area contributed by atoms with E-state index in [1.165, 1.54) is 41.4 Å². The summed E-state index contributed by atoms with van der Waals surface area (Å²) in [6.45, 7) is 2.71. The van der Waals surface area contributed by atoms with Crippen LogP contribution < -0.4 is 10.2 Å². The highest BCUT2D eigenvalue weighted by atomic mass is 32.1. The maximum atomic E-state index is 5.24. The first-order valence-corrected chi connectivity index (χ1v) is 8.05. The van der Waals surface area contributed by atoms with Crippen molar-refractivity contribution >= 4 is 16.5 Å². The molecule has 0 atom stereocenters. The zero-order valence-corrected chi connectivity index (χ0v) is 12.6. The average molecular weight is 281 g/mol. The fraction of sp³-hybridized carbons (Fsp3) is 0.786. The van der Waals surface area contributed by atoms with Crippen LogP contribution >= 0.6 is 11.3 Å². The van der Waals surface area contributed by atoms with Crippen LogP contribution in [0.3, 0.4) is 0 Å². The Morgan fingerprint density at radius 2 is 2.16 bits per heavy atom. The van der Waals surface area contributed by atoms with Gasteiger partial charge in [-0.1, -0.05) is 0 Å². The molecule has 2 aliphatic carbocycles. The van der Waals surface area contributed by atoms with Gasteiger partial charge in [0.05, 0.1) is 12.3 Å². The number of nitrogens with one attached hydrogen (secondary N) is 1. The van der Waals surface area contributed by atoms with Crippen molar-refractivity contribution in [3.05, 3.63) is 10.6 Å². The van der Waals surface area contributed by atoms with Crippen molar-refractivity contribution in [3.63, 3.8) is 0 Å². The lowest BCUT2D eigenvalue weighted by Crippen LogP contribution is -2.29. The van der Waals surface area contributed by atoms with E-state index >= 15 is 0 Å². The fourth-order valence-corrected chi connectivity index (χ4v) is 3.70. The minimum atomic E-state index is 0.704. The van der Waals surface area contributed by atoms with Gasteiger partial charge in [0.15, 0.2) is 5.13 Å². The van der Waals surface area contributed by atoms with Gasteiger partial charge in [-0.2, -0.15) is 0 Å². The van der Waals surface area contributed by atoms with E-state index in [9.17, 15) is 0 Å². The number of ether oxygens (including phenoxy) is 1. The van der Waals surface area contributed by atoms with Gasteiger partial charge in [-0.3, -0.25) is 0 Å². The number of hydrogen-bond donors (Lipinski definition) is 1. The number of methoxy groups -OCH3 is 1. The Morgan fingerprint density at radius 1 is 1.37 bits per heavy atom. The van der Waals surface area contributed by atoms with Crippen LogP contribution in [0.5, 0.6) is 0 Å². The lowest BCUT2D eigenvalue weighted by Gasteiger charge is -2.20. The van der Waals surface area contributed by atoms with Gasteiger partial charge in [-0.05, 0) is 32.7 Å². The Balaban J connectivity index is 1.79. The van der Waals surface area contributed by atoms with Gasteiger partial charge in [-0.15, -0.1) is 11.3 Å². The van der Waals surface area contributed by atoms with Crippen LogP contribution in [0.1, 0.15) is 42.2 Å². The number of thiazole rings is 1. The van der Waals surface area contributed by atoms with Gasteiger partial charge < -0.3 is 15.0 Å². The monoisotopic (exact) mass is 281 g/mol. The summed E-state index contributed by atoms with van der Waals surface area (Å²) in [6, 6.07) is 0.704. The molecule has 0 amide bonds. The van der Waals surface area contributed by atoms with Crippen molar-refractivity contribution in [2.75, 3.05) is 32.2 Å². The summed E-state index contributed by atoms with van der Waals surface area (Å²) in [6.07, 6.45) is 5.26. The first-order chi connectivity index (χ1) is 9.33. The Labute approximate surface area is 119 Å². The van der Waals surface area contributed by atoms with Gasteiger partial charge in [0.1, 0.15) is 0 Å². The number of anilines is 1. The first-order valence-electron chi connectivity index (χ1n) is 7.23. The fourth-order valence-electron chi connectivity index (χ4n) is 2.45. The highest BCUT2D eigenvalue weighted by Gasteiger charge is 2.34. The molecular formula is C14H23N3OS. The van der Waals surface area contributed by atoms with Crippen molar-refractivity contribution in [1.29, 1.82) is 0 Å². The molecule has 4 nitrogen and oxygen atoms in total. The second-order valence-corrected chi connectivity index (χ2v) is 6.59. The lowest BCUT2D eigenvalue weighted by atomic mass is 10.2. The van der Waals surface area contributed by atoms with E-state index in [-0.39, 0.29) is 0 Å². The molecule has 2 saturated carbocycles. The van der Waals surface area contributed by atoms with Gasteiger partial charge in [-0.25, -0.2) is 4.98 Å². The first kappa shape index (κ1) is 13.3. The quantitative estimate of drug-likeness (QED) is 0.794. The molecule has 19 heavy (non-hydrogen) atoms. The summed E-state index contributed by atoms with van der Waals surface area (Å²) in [4.78, 5) is 8.85. The average Bonchev–Trinajstić information content (AvgIpc) is 3.30. The van der Waals surface area contributed by atoms with Gasteiger partial charge in [0, 0.05) is 37.0 Å². The van der Waals surface area contributed by atoms with Gasteiger partial charge in [0.2, 0.25) is 0 Å². The third-order valence-electron chi connectivity index (χ3n) is 3.79. The second-order valence-electron chi connectivity index (χ2n) is 5.53. The van der Waals surface area contributed by atoms with Crippen molar-refractivity contribution < 1.29 is 4.74 Å². The number of nitrogens with zero attached hydrogens (tertiary/aromatic N) is 2. The molecule has 0 unspecified atom stereocenters. The van der Waals surface area contributed by atoms with E-state index in [2.05, 4.69) is 10.2 Å². The highest BCUT2D eigenvalue weighted by Crippen LogP contribution is 2.45. The smallest absolute Gasteiger partial charge is 0.186 e. The molecule has 1 aromatic heterocycles. The van der Waals surface area contributed by atoms with Crippen LogP contribution in [0.25, 0.3) is 0 Å². The predicted molar refractivity (Wildman–Crippen MR) is 79.1 cm³/mol. The van der Waals surface area contributed by atoms with Crippen LogP contribution in [0, 0.1) is 0 Å². The van der Waals surface area contributed by atoms with Crippen LogP contribution in [-0.4, -0.2) is 38.3 Å². The zero-order chi connectivity index (χ0) is 13.2. The van der Waals surface area contributed by atoms with Gasteiger partial charge in [0.25, 0.3) is 0 Å². The molecule has 106 valence electrons. The van der Waals surface area contributed by atoms with E-state index in [1.54, 1.807) is 7.11 Å². The van der Waals surface area contributed by atoms with Gasteiger partial charge >= 0.3 is 0 Å². The Kier molecular flexibility index (Phi) is 4.05. The summed E-state index contributed by atoms with van der Waals surface area (Å²) in [5.74, 6) is 0.733. The Morgan fingerprint density at radius 3 is 2.74 bits per heavy atom. The number of rotatable bonds is 8. The highest BCUT2D eigenvalue weighted by molar-refractivity contribution is 7.15. The van der Waals surface area contributed by atoms with E-state index in [0.717, 1.165) is 25.6 Å². The van der Waals surface area contributed by atoms with Crippen molar-refractivity contribution in [2.45, 2.75) is 44.2 Å². The molecule has 0 bridgehead atoms. The minimum absolute atomic E-state index is 0.704. The molecule has 0 saturated heterocycles. The second kappa shape index (κ2) is 5.77. The number of hydrogen-bond acceptors (Lipinski definition) is 5. The molecular weight excluding hydrogens is 258 g/mol. The topological polar surface area (TPSA) is 37.4 Å². The summed E-state index contributed by atoms with van der Waals surface area (Å²) in [7, 11) is 3.79. The summed E-state index contributed by atoms with van der Waals surface area (Å²) >= 11 is 1.88. The maximum absolute atomic E-state index is 5.24. The third-order valence-corrected chi connectivity index (χ3v) is 4.90. The molecule has 2 aliphatic rings. The van der Waals surface area contributed by atoms with E-state index in [0.29, 0.717) is 6.04 Å². The summed E-state index contributed by atoms with van der Waals surface area (Å²) in [5.41, 5.74) is 1.36. The molecule has 1 aromatic rings. The standard InChI is InChI=1S/C14H23N3OS/c1-15-9-12-13(10-3-4-10)16-14(19-12)17(7-8-18-2)11-5-6-11/h10-11,15H,3-9H2,1-2H3. The third kappa shape index (κ3) is 3.09. The molecule has 0 radical (unpaired) electrons.